The fourth-order valence-electron chi connectivity index (χ4n) is 2.10. The zero-order chi connectivity index (χ0) is 17.6. The van der Waals surface area contributed by atoms with E-state index < -0.39 is 5.97 Å². The Morgan fingerprint density at radius 3 is 2.68 bits per heavy atom. The summed E-state index contributed by atoms with van der Waals surface area (Å²) in [6.07, 6.45) is 1.45. The van der Waals surface area contributed by atoms with Gasteiger partial charge in [0.25, 0.3) is 5.91 Å². The van der Waals surface area contributed by atoms with E-state index in [0.29, 0.717) is 17.8 Å². The van der Waals surface area contributed by atoms with Crippen LogP contribution in [0, 0.1) is 0 Å². The zero-order valence-corrected chi connectivity index (χ0v) is 14.2. The summed E-state index contributed by atoms with van der Waals surface area (Å²) >= 11 is 1.57. The maximum absolute atomic E-state index is 12.0. The molecule has 0 atom stereocenters. The summed E-state index contributed by atoms with van der Waals surface area (Å²) in [6.45, 7) is 0.189. The lowest BCUT2D eigenvalue weighted by Crippen LogP contribution is -2.30. The molecule has 0 saturated carbocycles. The number of thiophene rings is 1. The number of aromatic nitrogens is 4. The third-order valence-corrected chi connectivity index (χ3v) is 4.20. The number of carbonyl (C=O) groups excluding carboxylic acids is 2. The lowest BCUT2D eigenvalue weighted by Gasteiger charge is -2.16. The van der Waals surface area contributed by atoms with Gasteiger partial charge in [-0.05, 0) is 57.1 Å². The van der Waals surface area contributed by atoms with E-state index in [0.717, 1.165) is 5.56 Å². The number of hydrogen-bond donors (Lipinski definition) is 0. The first-order valence-corrected chi connectivity index (χ1v) is 8.33. The Hall–Kier alpha value is -3.07. The van der Waals surface area contributed by atoms with Crippen LogP contribution in [0.25, 0.3) is 5.69 Å². The van der Waals surface area contributed by atoms with Crippen LogP contribution >= 0.6 is 11.3 Å². The van der Waals surface area contributed by atoms with Crippen molar-refractivity contribution in [2.45, 2.75) is 6.54 Å². The first kappa shape index (κ1) is 16.8. The average molecular weight is 357 g/mol. The molecule has 25 heavy (non-hydrogen) atoms. The fraction of sp³-hybridized carbons (Fsp3) is 0.188. The Kier molecular flexibility index (Phi) is 5.14. The van der Waals surface area contributed by atoms with Gasteiger partial charge in [0.2, 0.25) is 0 Å². The molecule has 0 aliphatic rings. The summed E-state index contributed by atoms with van der Waals surface area (Å²) in [4.78, 5) is 25.6. The predicted octanol–water partition coefficient (Wildman–Crippen LogP) is 1.54. The summed E-state index contributed by atoms with van der Waals surface area (Å²) in [7, 11) is 1.68. The molecule has 0 fully saturated rings. The largest absolute Gasteiger partial charge is 0.452 e. The molecule has 8 nitrogen and oxygen atoms in total. The number of amides is 1. The molecule has 0 unspecified atom stereocenters. The molecule has 0 saturated heterocycles. The van der Waals surface area contributed by atoms with Crippen molar-refractivity contribution in [3.63, 3.8) is 0 Å². The first-order chi connectivity index (χ1) is 12.1. The van der Waals surface area contributed by atoms with E-state index in [1.165, 1.54) is 15.9 Å². The smallest absolute Gasteiger partial charge is 0.338 e. The van der Waals surface area contributed by atoms with Gasteiger partial charge in [-0.25, -0.2) is 9.48 Å². The third kappa shape index (κ3) is 4.27. The van der Waals surface area contributed by atoms with Crippen molar-refractivity contribution < 1.29 is 14.3 Å². The van der Waals surface area contributed by atoms with Crippen molar-refractivity contribution >= 4 is 23.2 Å². The molecule has 128 valence electrons. The van der Waals surface area contributed by atoms with Gasteiger partial charge in [-0.15, -0.1) is 5.10 Å². The maximum Gasteiger partial charge on any atom is 0.338 e. The topological polar surface area (TPSA) is 90.2 Å². The van der Waals surface area contributed by atoms with E-state index in [2.05, 4.69) is 15.5 Å². The number of rotatable bonds is 6. The van der Waals surface area contributed by atoms with Crippen molar-refractivity contribution in [1.29, 1.82) is 0 Å². The van der Waals surface area contributed by atoms with Gasteiger partial charge in [0.05, 0.1) is 11.3 Å². The standard InChI is InChI=1S/C16H15N5O3S/c1-20(8-12-6-7-25-10-12)15(22)9-24-16(23)13-2-4-14(5-3-13)21-11-17-18-19-21/h2-7,10-11H,8-9H2,1H3. The lowest BCUT2D eigenvalue weighted by molar-refractivity contribution is -0.133. The van der Waals surface area contributed by atoms with Crippen LogP contribution in [0.5, 0.6) is 0 Å². The Labute approximate surface area is 147 Å². The minimum atomic E-state index is -0.555. The molecular weight excluding hydrogens is 342 g/mol. The van der Waals surface area contributed by atoms with Crippen LogP contribution in [0.4, 0.5) is 0 Å². The van der Waals surface area contributed by atoms with Crippen LogP contribution < -0.4 is 0 Å². The van der Waals surface area contributed by atoms with Crippen LogP contribution in [0.1, 0.15) is 15.9 Å². The van der Waals surface area contributed by atoms with E-state index in [4.69, 9.17) is 4.74 Å². The minimum absolute atomic E-state index is 0.259. The number of hydrogen-bond acceptors (Lipinski definition) is 7. The molecule has 3 aromatic rings. The molecule has 0 radical (unpaired) electrons. The number of benzene rings is 1. The number of likely N-dealkylation sites (N-methyl/N-ethyl adjacent to an activating group) is 1. The van der Waals surface area contributed by atoms with Gasteiger partial charge in [-0.1, -0.05) is 0 Å². The van der Waals surface area contributed by atoms with E-state index in [1.807, 2.05) is 16.8 Å². The molecule has 3 rings (SSSR count). The molecule has 1 amide bonds. The van der Waals surface area contributed by atoms with Crippen molar-refractivity contribution in [3.8, 4) is 5.69 Å². The van der Waals surface area contributed by atoms with Crippen molar-refractivity contribution in [2.24, 2.45) is 0 Å². The van der Waals surface area contributed by atoms with Gasteiger partial charge in [-0.3, -0.25) is 4.79 Å². The van der Waals surface area contributed by atoms with Crippen molar-refractivity contribution in [1.82, 2.24) is 25.1 Å². The SMILES string of the molecule is CN(Cc1ccsc1)C(=O)COC(=O)c1ccc(-n2cnnn2)cc1. The van der Waals surface area contributed by atoms with Gasteiger partial charge in [-0.2, -0.15) is 11.3 Å². The van der Waals surface area contributed by atoms with Crippen molar-refractivity contribution in [2.75, 3.05) is 13.7 Å². The second kappa shape index (κ2) is 7.67. The predicted molar refractivity (Wildman–Crippen MR) is 90.2 cm³/mol. The van der Waals surface area contributed by atoms with Crippen molar-refractivity contribution in [3.05, 3.63) is 58.5 Å². The molecule has 0 aliphatic carbocycles. The van der Waals surface area contributed by atoms with Crippen LogP contribution in [-0.2, 0) is 16.1 Å². The van der Waals surface area contributed by atoms with Gasteiger partial charge in [0.15, 0.2) is 6.61 Å². The highest BCUT2D eigenvalue weighted by atomic mass is 32.1. The Bertz CT molecular complexity index is 831. The van der Waals surface area contributed by atoms with E-state index in [1.54, 1.807) is 42.6 Å². The summed E-state index contributed by atoms with van der Waals surface area (Å²) < 4.78 is 6.56. The summed E-state index contributed by atoms with van der Waals surface area (Å²) in [5, 5.41) is 14.8. The number of ether oxygens (including phenoxy) is 1. The summed E-state index contributed by atoms with van der Waals surface area (Å²) in [6, 6.07) is 8.53. The molecule has 9 heteroatoms. The van der Waals surface area contributed by atoms with E-state index >= 15 is 0 Å². The van der Waals surface area contributed by atoms with Crippen LogP contribution in [0.15, 0.2) is 47.4 Å². The Morgan fingerprint density at radius 2 is 2.04 bits per heavy atom. The maximum atomic E-state index is 12.0. The molecule has 0 aliphatic heterocycles. The van der Waals surface area contributed by atoms with E-state index in [-0.39, 0.29) is 12.5 Å². The first-order valence-electron chi connectivity index (χ1n) is 7.39. The molecule has 2 aromatic heterocycles. The zero-order valence-electron chi connectivity index (χ0n) is 13.4. The highest BCUT2D eigenvalue weighted by molar-refractivity contribution is 7.07. The molecule has 2 heterocycles. The number of nitrogens with zero attached hydrogens (tertiary/aromatic N) is 5. The highest BCUT2D eigenvalue weighted by Gasteiger charge is 2.14. The number of tetrazole rings is 1. The summed E-state index contributed by atoms with van der Waals surface area (Å²) in [5.74, 6) is -0.814. The van der Waals surface area contributed by atoms with Crippen LogP contribution in [0.3, 0.4) is 0 Å². The minimum Gasteiger partial charge on any atom is -0.452 e. The van der Waals surface area contributed by atoms with E-state index in [9.17, 15) is 9.59 Å². The Morgan fingerprint density at radius 1 is 1.24 bits per heavy atom. The second-order valence-corrected chi connectivity index (χ2v) is 6.04. The Balaban J connectivity index is 1.52. The summed E-state index contributed by atoms with van der Waals surface area (Å²) in [5.41, 5.74) is 2.11. The quantitative estimate of drug-likeness (QED) is 0.622. The lowest BCUT2D eigenvalue weighted by atomic mass is 10.2. The van der Waals surface area contributed by atoms with Gasteiger partial charge < -0.3 is 9.64 Å². The normalized spacial score (nSPS) is 10.4. The van der Waals surface area contributed by atoms with Gasteiger partial charge >= 0.3 is 5.97 Å². The highest BCUT2D eigenvalue weighted by Crippen LogP contribution is 2.10. The molecule has 0 bridgehead atoms. The molecular formula is C16H15N5O3S. The third-order valence-electron chi connectivity index (χ3n) is 3.47. The number of esters is 1. The molecule has 0 N–H and O–H groups in total. The second-order valence-electron chi connectivity index (χ2n) is 5.26. The van der Waals surface area contributed by atoms with Crippen LogP contribution in [-0.4, -0.2) is 50.6 Å². The average Bonchev–Trinajstić information content (AvgIpc) is 3.33. The van der Waals surface area contributed by atoms with Crippen LogP contribution in [0.2, 0.25) is 0 Å². The fourth-order valence-corrected chi connectivity index (χ4v) is 2.76. The monoisotopic (exact) mass is 357 g/mol. The molecule has 0 spiro atoms. The molecule has 1 aromatic carbocycles. The number of carbonyl (C=O) groups is 2. The van der Waals surface area contributed by atoms with Gasteiger partial charge in [0, 0.05) is 13.6 Å². The van der Waals surface area contributed by atoms with Gasteiger partial charge in [0.1, 0.15) is 6.33 Å².